The summed E-state index contributed by atoms with van der Waals surface area (Å²) >= 11 is 0. The maximum Gasteiger partial charge on any atom is 0.408 e. The summed E-state index contributed by atoms with van der Waals surface area (Å²) in [4.78, 5) is 1.51. The number of rotatable bonds is 3. The third-order valence-electron chi connectivity index (χ3n) is 3.53. The zero-order chi connectivity index (χ0) is 13.9. The van der Waals surface area contributed by atoms with Crippen molar-refractivity contribution in [3.8, 4) is 0 Å². The van der Waals surface area contributed by atoms with Gasteiger partial charge in [-0.15, -0.1) is 24.8 Å². The molecule has 0 saturated carbocycles. The minimum absolute atomic E-state index is 0. The fourth-order valence-corrected chi connectivity index (χ4v) is 2.48. The van der Waals surface area contributed by atoms with Crippen LogP contribution in [0.2, 0.25) is 0 Å². The van der Waals surface area contributed by atoms with E-state index in [1.165, 1.54) is 4.90 Å². The molecule has 0 bridgehead atoms. The van der Waals surface area contributed by atoms with Crippen molar-refractivity contribution in [1.82, 2.24) is 10.2 Å². The summed E-state index contributed by atoms with van der Waals surface area (Å²) in [5.74, 6) is 0. The normalized spacial score (nSPS) is 17.5. The quantitative estimate of drug-likeness (QED) is 0.901. The summed E-state index contributed by atoms with van der Waals surface area (Å²) < 4.78 is 39.9. The number of aryl methyl sites for hydroxylation is 1. The van der Waals surface area contributed by atoms with Crippen molar-refractivity contribution >= 4 is 24.8 Å². The van der Waals surface area contributed by atoms with Gasteiger partial charge in [0.1, 0.15) is 6.04 Å². The maximum absolute atomic E-state index is 13.3. The van der Waals surface area contributed by atoms with Gasteiger partial charge in [0, 0.05) is 26.2 Å². The Morgan fingerprint density at radius 2 is 1.62 bits per heavy atom. The van der Waals surface area contributed by atoms with Crippen LogP contribution in [0.1, 0.15) is 24.1 Å². The lowest BCUT2D eigenvalue weighted by atomic mass is 10.0. The van der Waals surface area contributed by atoms with Crippen molar-refractivity contribution in [3.05, 3.63) is 35.4 Å². The van der Waals surface area contributed by atoms with Gasteiger partial charge in [-0.25, -0.2) is 0 Å². The van der Waals surface area contributed by atoms with E-state index in [9.17, 15) is 13.2 Å². The molecule has 0 aromatic heterocycles. The highest BCUT2D eigenvalue weighted by Gasteiger charge is 2.44. The molecule has 7 heteroatoms. The van der Waals surface area contributed by atoms with Crippen molar-refractivity contribution in [1.29, 1.82) is 0 Å². The first-order valence-electron chi connectivity index (χ1n) is 6.62. The predicted molar refractivity (Wildman–Crippen MR) is 83.6 cm³/mol. The Bertz CT molecular complexity index is 404. The Hall–Kier alpha value is -0.490. The van der Waals surface area contributed by atoms with E-state index in [2.05, 4.69) is 5.32 Å². The molecule has 1 aromatic rings. The van der Waals surface area contributed by atoms with Crippen molar-refractivity contribution in [3.63, 3.8) is 0 Å². The summed E-state index contributed by atoms with van der Waals surface area (Å²) in [6.45, 7) is 4.07. The molecule has 1 saturated heterocycles. The molecule has 1 atom stereocenters. The number of hydrogen-bond donors (Lipinski definition) is 1. The highest BCUT2D eigenvalue weighted by atomic mass is 35.5. The zero-order valence-electron chi connectivity index (χ0n) is 11.8. The Morgan fingerprint density at radius 1 is 1.10 bits per heavy atom. The van der Waals surface area contributed by atoms with E-state index >= 15 is 0 Å². The van der Waals surface area contributed by atoms with Crippen LogP contribution < -0.4 is 5.32 Å². The molecular formula is C14H21Cl2F3N2. The van der Waals surface area contributed by atoms with Crippen LogP contribution in [0.5, 0.6) is 0 Å². The number of nitrogens with one attached hydrogen (secondary N) is 1. The first-order chi connectivity index (χ1) is 9.02. The third kappa shape index (κ3) is 5.33. The largest absolute Gasteiger partial charge is 0.408 e. The van der Waals surface area contributed by atoms with E-state index in [-0.39, 0.29) is 24.8 Å². The molecule has 0 aliphatic carbocycles. The first-order valence-corrected chi connectivity index (χ1v) is 6.62. The number of halogens is 5. The second-order valence-corrected chi connectivity index (χ2v) is 4.83. The van der Waals surface area contributed by atoms with Crippen LogP contribution in [0.4, 0.5) is 13.2 Å². The van der Waals surface area contributed by atoms with E-state index in [1.807, 2.05) is 6.92 Å². The van der Waals surface area contributed by atoms with E-state index < -0.39 is 12.2 Å². The molecular weight excluding hydrogens is 324 g/mol. The fourth-order valence-electron chi connectivity index (χ4n) is 2.48. The highest BCUT2D eigenvalue weighted by molar-refractivity contribution is 5.85. The van der Waals surface area contributed by atoms with Crippen molar-refractivity contribution in [2.45, 2.75) is 25.6 Å². The molecule has 1 fully saturated rings. The van der Waals surface area contributed by atoms with Crippen LogP contribution in [0.15, 0.2) is 24.3 Å². The van der Waals surface area contributed by atoms with Crippen molar-refractivity contribution < 1.29 is 13.2 Å². The van der Waals surface area contributed by atoms with Gasteiger partial charge in [0.15, 0.2) is 0 Å². The van der Waals surface area contributed by atoms with Gasteiger partial charge in [-0.2, -0.15) is 13.2 Å². The lowest BCUT2D eigenvalue weighted by Crippen LogP contribution is -2.49. The molecule has 122 valence electrons. The Labute approximate surface area is 135 Å². The molecule has 1 heterocycles. The molecule has 1 N–H and O–H groups in total. The van der Waals surface area contributed by atoms with Crippen LogP contribution in [-0.4, -0.2) is 37.3 Å². The van der Waals surface area contributed by atoms with E-state index in [0.717, 1.165) is 12.0 Å². The zero-order valence-corrected chi connectivity index (χ0v) is 13.5. The van der Waals surface area contributed by atoms with Gasteiger partial charge < -0.3 is 5.32 Å². The van der Waals surface area contributed by atoms with Crippen molar-refractivity contribution in [2.75, 3.05) is 26.2 Å². The molecule has 1 aliphatic rings. The van der Waals surface area contributed by atoms with Gasteiger partial charge in [0.25, 0.3) is 0 Å². The van der Waals surface area contributed by atoms with Crippen LogP contribution in [0, 0.1) is 0 Å². The van der Waals surface area contributed by atoms with E-state index in [0.29, 0.717) is 31.7 Å². The van der Waals surface area contributed by atoms with Gasteiger partial charge in [-0.3, -0.25) is 4.90 Å². The average Bonchev–Trinajstić information content (AvgIpc) is 2.39. The van der Waals surface area contributed by atoms with E-state index in [1.54, 1.807) is 24.3 Å². The number of hydrogen-bond acceptors (Lipinski definition) is 2. The summed E-state index contributed by atoms with van der Waals surface area (Å²) in [6.07, 6.45) is -3.39. The third-order valence-corrected chi connectivity index (χ3v) is 3.53. The topological polar surface area (TPSA) is 15.3 Å². The summed E-state index contributed by atoms with van der Waals surface area (Å²) in [6, 6.07) is 5.31. The lowest BCUT2D eigenvalue weighted by molar-refractivity contribution is -0.187. The van der Waals surface area contributed by atoms with Gasteiger partial charge in [0.05, 0.1) is 0 Å². The number of alkyl halides is 3. The summed E-state index contributed by atoms with van der Waals surface area (Å²) in [5.41, 5.74) is 1.40. The molecule has 0 spiro atoms. The molecule has 1 aliphatic heterocycles. The predicted octanol–water partition coefficient (Wildman–Crippen LogP) is 3.60. The number of benzene rings is 1. The first kappa shape index (κ1) is 20.5. The summed E-state index contributed by atoms with van der Waals surface area (Å²) in [7, 11) is 0. The SMILES string of the molecule is CCc1ccc([C@H](N2CCNCC2)C(F)(F)F)cc1.Cl.Cl. The monoisotopic (exact) mass is 344 g/mol. The smallest absolute Gasteiger partial charge is 0.314 e. The summed E-state index contributed by atoms with van der Waals surface area (Å²) in [5, 5.41) is 3.08. The lowest BCUT2D eigenvalue weighted by Gasteiger charge is -2.36. The highest BCUT2D eigenvalue weighted by Crippen LogP contribution is 2.37. The molecule has 2 rings (SSSR count). The maximum atomic E-state index is 13.3. The Morgan fingerprint density at radius 3 is 2.05 bits per heavy atom. The van der Waals surface area contributed by atoms with Gasteiger partial charge in [-0.05, 0) is 17.5 Å². The minimum atomic E-state index is -4.23. The molecule has 0 amide bonds. The Balaban J connectivity index is 0.00000200. The van der Waals surface area contributed by atoms with Crippen molar-refractivity contribution in [2.24, 2.45) is 0 Å². The average molecular weight is 345 g/mol. The molecule has 0 unspecified atom stereocenters. The van der Waals surface area contributed by atoms with Gasteiger partial charge >= 0.3 is 6.18 Å². The fraction of sp³-hybridized carbons (Fsp3) is 0.571. The van der Waals surface area contributed by atoms with Gasteiger partial charge in [-0.1, -0.05) is 31.2 Å². The van der Waals surface area contributed by atoms with Crippen LogP contribution in [0.3, 0.4) is 0 Å². The standard InChI is InChI=1S/C14H19F3N2.2ClH/c1-2-11-3-5-12(6-4-11)13(14(15,16)17)19-9-7-18-8-10-19;;/h3-6,13,18H,2,7-10H2,1H3;2*1H/t13-;;/m0../s1. The molecule has 21 heavy (non-hydrogen) atoms. The molecule has 0 radical (unpaired) electrons. The number of nitrogens with zero attached hydrogens (tertiary/aromatic N) is 1. The van der Waals surface area contributed by atoms with Crippen LogP contribution in [-0.2, 0) is 6.42 Å². The molecule has 2 nitrogen and oxygen atoms in total. The van der Waals surface area contributed by atoms with Crippen LogP contribution >= 0.6 is 24.8 Å². The van der Waals surface area contributed by atoms with E-state index in [4.69, 9.17) is 0 Å². The molecule has 1 aromatic carbocycles. The number of piperazine rings is 1. The van der Waals surface area contributed by atoms with Crippen LogP contribution in [0.25, 0.3) is 0 Å². The van der Waals surface area contributed by atoms with Gasteiger partial charge in [0.2, 0.25) is 0 Å². The Kier molecular flexibility index (Phi) is 8.63. The minimum Gasteiger partial charge on any atom is -0.314 e. The second kappa shape index (κ2) is 8.83. The second-order valence-electron chi connectivity index (χ2n) is 4.83.